The zero-order chi connectivity index (χ0) is 20.4. The predicted octanol–water partition coefficient (Wildman–Crippen LogP) is 3.85. The van der Waals surface area contributed by atoms with E-state index in [9.17, 15) is 8.42 Å². The second-order valence-corrected chi connectivity index (χ2v) is 9.57. The van der Waals surface area contributed by atoms with Gasteiger partial charge in [0.25, 0.3) is 0 Å². The number of nitrogens with zero attached hydrogens (tertiary/aromatic N) is 3. The molecule has 0 N–H and O–H groups in total. The lowest BCUT2D eigenvalue weighted by atomic mass is 9.99. The molecule has 29 heavy (non-hydrogen) atoms. The monoisotopic (exact) mass is 413 g/mol. The lowest BCUT2D eigenvalue weighted by Gasteiger charge is -2.33. The van der Waals surface area contributed by atoms with Crippen LogP contribution in [-0.4, -0.2) is 48.8 Å². The smallest absolute Gasteiger partial charge is 0.243 e. The van der Waals surface area contributed by atoms with Crippen LogP contribution in [0.25, 0.3) is 11.1 Å². The summed E-state index contributed by atoms with van der Waals surface area (Å²) in [6.07, 6.45) is 1.04. The maximum absolute atomic E-state index is 13.0. The van der Waals surface area contributed by atoms with Crippen LogP contribution in [0, 0.1) is 0 Å². The van der Waals surface area contributed by atoms with Gasteiger partial charge in [0.05, 0.1) is 11.4 Å². The highest BCUT2D eigenvalue weighted by Crippen LogP contribution is 2.23. The number of benzene rings is 2. The quantitative estimate of drug-likeness (QED) is 0.614. The van der Waals surface area contributed by atoms with Crippen LogP contribution in [0.3, 0.4) is 0 Å². The van der Waals surface area contributed by atoms with Crippen LogP contribution in [0.5, 0.6) is 0 Å². The molecule has 1 saturated heterocycles. The fraction of sp³-hybridized carbons (Fsp3) is 0.409. The van der Waals surface area contributed by atoms with Gasteiger partial charge in [-0.3, -0.25) is 4.90 Å². The SMILES string of the molecule is CC[C@H](C)c1ccc(S(=O)(=O)N2CCN(Cc3nc4ccccc4o3)CC2)cc1. The van der Waals surface area contributed by atoms with Crippen LogP contribution in [0.4, 0.5) is 0 Å². The van der Waals surface area contributed by atoms with E-state index in [1.807, 2.05) is 36.4 Å². The normalized spacial score (nSPS) is 17.6. The Hall–Kier alpha value is -2.22. The Kier molecular flexibility index (Phi) is 5.72. The molecule has 0 radical (unpaired) electrons. The van der Waals surface area contributed by atoms with Gasteiger partial charge < -0.3 is 4.42 Å². The molecule has 6 nitrogen and oxygen atoms in total. The van der Waals surface area contributed by atoms with E-state index in [0.29, 0.717) is 49.4 Å². The highest BCUT2D eigenvalue weighted by molar-refractivity contribution is 7.89. The number of hydrogen-bond donors (Lipinski definition) is 0. The molecule has 1 atom stereocenters. The Morgan fingerprint density at radius 1 is 1.03 bits per heavy atom. The third kappa shape index (κ3) is 4.22. The Labute approximate surface area is 172 Å². The molecule has 1 aromatic heterocycles. The summed E-state index contributed by atoms with van der Waals surface area (Å²) in [7, 11) is -3.46. The Balaban J connectivity index is 1.39. The van der Waals surface area contributed by atoms with Gasteiger partial charge in [-0.05, 0) is 42.2 Å². The number of aromatic nitrogens is 1. The molecule has 7 heteroatoms. The molecule has 0 aliphatic carbocycles. The van der Waals surface area contributed by atoms with Crippen LogP contribution in [0.2, 0.25) is 0 Å². The number of para-hydroxylation sites is 2. The number of rotatable bonds is 6. The van der Waals surface area contributed by atoms with Crippen LogP contribution >= 0.6 is 0 Å². The van der Waals surface area contributed by atoms with E-state index in [1.54, 1.807) is 16.4 Å². The standard InChI is InChI=1S/C22H27N3O3S/c1-3-17(2)18-8-10-19(11-9-18)29(26,27)25-14-12-24(13-15-25)16-22-23-20-6-4-5-7-21(20)28-22/h4-11,17H,3,12-16H2,1-2H3/t17-/m0/s1. The summed E-state index contributed by atoms with van der Waals surface area (Å²) in [5, 5.41) is 0. The third-order valence-corrected chi connectivity index (χ3v) is 7.64. The van der Waals surface area contributed by atoms with Crippen LogP contribution in [0.1, 0.15) is 37.6 Å². The van der Waals surface area contributed by atoms with Crippen LogP contribution in [0.15, 0.2) is 57.8 Å². The fourth-order valence-corrected chi connectivity index (χ4v) is 5.08. The van der Waals surface area contributed by atoms with Crippen molar-refractivity contribution in [1.82, 2.24) is 14.2 Å². The van der Waals surface area contributed by atoms with Crippen molar-refractivity contribution in [3.63, 3.8) is 0 Å². The van der Waals surface area contributed by atoms with Gasteiger partial charge in [-0.2, -0.15) is 4.31 Å². The first-order valence-electron chi connectivity index (χ1n) is 10.1. The largest absolute Gasteiger partial charge is 0.439 e. The number of hydrogen-bond acceptors (Lipinski definition) is 5. The fourth-order valence-electron chi connectivity index (χ4n) is 3.66. The Morgan fingerprint density at radius 2 is 1.72 bits per heavy atom. The van der Waals surface area contributed by atoms with Crippen molar-refractivity contribution in [2.45, 2.75) is 37.6 Å². The van der Waals surface area contributed by atoms with Gasteiger partial charge in [-0.25, -0.2) is 13.4 Å². The van der Waals surface area contributed by atoms with Crippen molar-refractivity contribution < 1.29 is 12.8 Å². The first-order valence-corrected chi connectivity index (χ1v) is 11.6. The van der Waals surface area contributed by atoms with Crippen LogP contribution < -0.4 is 0 Å². The molecule has 154 valence electrons. The van der Waals surface area contributed by atoms with Gasteiger partial charge in [-0.15, -0.1) is 0 Å². The molecule has 3 aromatic rings. The number of sulfonamides is 1. The van der Waals surface area contributed by atoms with Gasteiger partial charge in [0.2, 0.25) is 15.9 Å². The molecule has 4 rings (SSSR count). The molecule has 0 amide bonds. The third-order valence-electron chi connectivity index (χ3n) is 5.73. The van der Waals surface area contributed by atoms with E-state index in [1.165, 1.54) is 5.56 Å². The molecule has 1 aliphatic heterocycles. The molecule has 1 fully saturated rings. The topological polar surface area (TPSA) is 66.7 Å². The van der Waals surface area contributed by atoms with Crippen molar-refractivity contribution in [2.75, 3.05) is 26.2 Å². The van der Waals surface area contributed by atoms with Gasteiger partial charge in [-0.1, -0.05) is 38.1 Å². The number of oxazole rings is 1. The average Bonchev–Trinajstić information content (AvgIpc) is 3.16. The minimum absolute atomic E-state index is 0.372. The van der Waals surface area contributed by atoms with Crippen molar-refractivity contribution in [2.24, 2.45) is 0 Å². The minimum Gasteiger partial charge on any atom is -0.439 e. The van der Waals surface area contributed by atoms with Gasteiger partial charge in [0.15, 0.2) is 5.58 Å². The Morgan fingerprint density at radius 3 is 2.38 bits per heavy atom. The lowest BCUT2D eigenvalue weighted by Crippen LogP contribution is -2.48. The van der Waals surface area contributed by atoms with Gasteiger partial charge >= 0.3 is 0 Å². The average molecular weight is 414 g/mol. The zero-order valence-electron chi connectivity index (χ0n) is 16.9. The molecular formula is C22H27N3O3S. The summed E-state index contributed by atoms with van der Waals surface area (Å²) in [6, 6.07) is 15.0. The summed E-state index contributed by atoms with van der Waals surface area (Å²) in [5.74, 6) is 1.10. The summed E-state index contributed by atoms with van der Waals surface area (Å²) >= 11 is 0. The maximum Gasteiger partial charge on any atom is 0.243 e. The first-order chi connectivity index (χ1) is 14.0. The molecule has 0 spiro atoms. The number of fused-ring (bicyclic) bond motifs is 1. The van der Waals surface area contributed by atoms with E-state index in [0.717, 1.165) is 17.5 Å². The molecular weight excluding hydrogens is 386 g/mol. The molecule has 0 saturated carbocycles. The van der Waals surface area contributed by atoms with Crippen LogP contribution in [-0.2, 0) is 16.6 Å². The van der Waals surface area contributed by atoms with Gasteiger partial charge in [0.1, 0.15) is 5.52 Å². The molecule has 2 aromatic carbocycles. The highest BCUT2D eigenvalue weighted by atomic mass is 32.2. The molecule has 0 unspecified atom stereocenters. The van der Waals surface area contributed by atoms with E-state index >= 15 is 0 Å². The summed E-state index contributed by atoms with van der Waals surface area (Å²) in [5.41, 5.74) is 2.81. The highest BCUT2D eigenvalue weighted by Gasteiger charge is 2.29. The predicted molar refractivity (Wildman–Crippen MR) is 113 cm³/mol. The Bertz CT molecular complexity index is 1040. The lowest BCUT2D eigenvalue weighted by molar-refractivity contribution is 0.169. The zero-order valence-corrected chi connectivity index (χ0v) is 17.7. The molecule has 0 bridgehead atoms. The summed E-state index contributed by atoms with van der Waals surface area (Å²) in [6.45, 7) is 7.12. The first kappa shape index (κ1) is 20.1. The summed E-state index contributed by atoms with van der Waals surface area (Å²) < 4.78 is 33.4. The van der Waals surface area contributed by atoms with Crippen molar-refractivity contribution in [3.8, 4) is 0 Å². The summed E-state index contributed by atoms with van der Waals surface area (Å²) in [4.78, 5) is 7.07. The number of piperazine rings is 1. The minimum atomic E-state index is -3.46. The van der Waals surface area contributed by atoms with Crippen molar-refractivity contribution in [1.29, 1.82) is 0 Å². The second kappa shape index (κ2) is 8.26. The molecule has 2 heterocycles. The maximum atomic E-state index is 13.0. The van der Waals surface area contributed by atoms with E-state index < -0.39 is 10.0 Å². The van der Waals surface area contributed by atoms with E-state index in [2.05, 4.69) is 23.7 Å². The van der Waals surface area contributed by atoms with E-state index in [4.69, 9.17) is 4.42 Å². The van der Waals surface area contributed by atoms with E-state index in [-0.39, 0.29) is 0 Å². The molecule has 1 aliphatic rings. The second-order valence-electron chi connectivity index (χ2n) is 7.63. The van der Waals surface area contributed by atoms with Crippen molar-refractivity contribution in [3.05, 3.63) is 60.0 Å². The van der Waals surface area contributed by atoms with Gasteiger partial charge in [0, 0.05) is 26.2 Å². The van der Waals surface area contributed by atoms with Crippen molar-refractivity contribution >= 4 is 21.1 Å².